The maximum absolute atomic E-state index is 2.73. The van der Waals surface area contributed by atoms with Crippen molar-refractivity contribution in [1.82, 2.24) is 0 Å². The highest BCUT2D eigenvalue weighted by molar-refractivity contribution is 7.32. The smallest absolute Gasteiger partial charge is 0.343 e. The third-order valence-corrected chi connectivity index (χ3v) is 18.9. The van der Waals surface area contributed by atoms with Crippen LogP contribution in [0.3, 0.4) is 0 Å². The molecule has 1 aromatic heterocycles. The van der Waals surface area contributed by atoms with Crippen LogP contribution in [0.25, 0.3) is 43.5 Å². The molecule has 0 bridgehead atoms. The van der Waals surface area contributed by atoms with Gasteiger partial charge in [0.25, 0.3) is 0 Å². The predicted molar refractivity (Wildman–Crippen MR) is 348 cm³/mol. The summed E-state index contributed by atoms with van der Waals surface area (Å²) in [5, 5.41) is 1.27. The van der Waals surface area contributed by atoms with Gasteiger partial charge in [0, 0.05) is 65.7 Å². The molecule has 13 rings (SSSR count). The van der Waals surface area contributed by atoms with Gasteiger partial charge in [0.15, 0.2) is 0 Å². The lowest BCUT2D eigenvalue weighted by molar-refractivity contribution is 0.590. The van der Waals surface area contributed by atoms with E-state index in [1.165, 1.54) is 116 Å². The molecule has 0 N–H and O–H groups in total. The fourth-order valence-electron chi connectivity index (χ4n) is 13.2. The van der Waals surface area contributed by atoms with E-state index in [4.69, 9.17) is 0 Å². The summed E-state index contributed by atoms with van der Waals surface area (Å²) in [6.45, 7) is 32.5. The van der Waals surface area contributed by atoms with E-state index in [-0.39, 0.29) is 33.9 Å². The number of benzene rings is 9. The zero-order valence-electron chi connectivity index (χ0n) is 49.3. The molecule has 80 heavy (non-hydrogen) atoms. The van der Waals surface area contributed by atoms with Gasteiger partial charge in [-0.3, -0.25) is 0 Å². The molecule has 3 nitrogen and oxygen atoms in total. The second kappa shape index (κ2) is 18.2. The normalized spacial score (nSPS) is 14.4. The van der Waals surface area contributed by atoms with Crippen LogP contribution < -0.4 is 24.9 Å². The Morgan fingerprint density at radius 1 is 0.425 bits per heavy atom. The second-order valence-electron chi connectivity index (χ2n) is 27.5. The molecule has 0 spiro atoms. The minimum absolute atomic E-state index is 0.0000791. The number of thiophene rings is 1. The van der Waals surface area contributed by atoms with Crippen molar-refractivity contribution in [2.24, 2.45) is 0 Å². The lowest BCUT2D eigenvalue weighted by Gasteiger charge is -2.46. The van der Waals surface area contributed by atoms with E-state index < -0.39 is 0 Å². The van der Waals surface area contributed by atoms with Gasteiger partial charge in [0.1, 0.15) is 0 Å². The first kappa shape index (κ1) is 51.8. The van der Waals surface area contributed by atoms with E-state index >= 15 is 0 Å². The molecule has 0 amide bonds. The lowest BCUT2D eigenvalue weighted by atomic mass is 9.46. The van der Waals surface area contributed by atoms with E-state index in [1.54, 1.807) is 0 Å². The zero-order chi connectivity index (χ0) is 56.0. The van der Waals surface area contributed by atoms with Crippen LogP contribution in [-0.2, 0) is 27.1 Å². The molecule has 2 aliphatic heterocycles. The Bertz CT molecular complexity index is 3990. The maximum Gasteiger partial charge on any atom is 0.343 e. The van der Waals surface area contributed by atoms with Crippen LogP contribution in [0, 0.1) is 0 Å². The topological polar surface area (TPSA) is 9.72 Å². The lowest BCUT2D eigenvalue weighted by Crippen LogP contribution is -2.61. The molecule has 0 fully saturated rings. The Balaban J connectivity index is 1.15. The van der Waals surface area contributed by atoms with Crippen molar-refractivity contribution in [3.05, 3.63) is 228 Å². The van der Waals surface area contributed by atoms with Gasteiger partial charge in [0.2, 0.25) is 0 Å². The highest BCUT2D eigenvalue weighted by atomic mass is 32.1. The summed E-state index contributed by atoms with van der Waals surface area (Å²) in [7, 11) is 0. The molecule has 0 saturated carbocycles. The third kappa shape index (κ3) is 8.36. The van der Waals surface area contributed by atoms with Gasteiger partial charge in [-0.2, -0.15) is 0 Å². The summed E-state index contributed by atoms with van der Waals surface area (Å²) in [4.78, 5) is 7.92. The van der Waals surface area contributed by atoms with Gasteiger partial charge in [-0.25, -0.2) is 0 Å². The molecule has 0 saturated heterocycles. The van der Waals surface area contributed by atoms with Gasteiger partial charge in [-0.1, -0.05) is 212 Å². The quantitative estimate of drug-likeness (QED) is 0.154. The highest BCUT2D eigenvalue weighted by Crippen LogP contribution is 2.59. The van der Waals surface area contributed by atoms with Crippen molar-refractivity contribution < 1.29 is 0 Å². The fraction of sp³-hybridized carbons (Fsp3) is 0.253. The van der Waals surface area contributed by atoms with Crippen molar-refractivity contribution in [2.75, 3.05) is 14.6 Å². The highest BCUT2D eigenvalue weighted by Gasteiger charge is 2.51. The van der Waals surface area contributed by atoms with Crippen LogP contribution in [0.1, 0.15) is 130 Å². The molecule has 3 aliphatic rings. The summed E-state index contributed by atoms with van der Waals surface area (Å²) in [5.74, 6) is 0. The van der Waals surface area contributed by atoms with Crippen molar-refractivity contribution in [2.45, 2.75) is 124 Å². The third-order valence-electron chi connectivity index (χ3n) is 17.7. The second-order valence-corrected chi connectivity index (χ2v) is 28.6. The monoisotopic (exact) mass is 1060 g/mol. The average Bonchev–Trinajstić information content (AvgIpc) is 4.10. The van der Waals surface area contributed by atoms with Crippen molar-refractivity contribution >= 4 is 84.0 Å². The number of rotatable bonds is 6. The van der Waals surface area contributed by atoms with Crippen molar-refractivity contribution in [3.63, 3.8) is 0 Å². The van der Waals surface area contributed by atoms with Crippen molar-refractivity contribution in [3.8, 4) is 33.4 Å². The molecular formula is C75H74BN3S. The molecule has 10 aromatic rings. The van der Waals surface area contributed by atoms with Gasteiger partial charge >= 0.3 is 6.85 Å². The summed E-state index contributed by atoms with van der Waals surface area (Å²) in [6, 6.07) is 75.0. The summed E-state index contributed by atoms with van der Waals surface area (Å²) in [6.07, 6.45) is 0. The van der Waals surface area contributed by atoms with Gasteiger partial charge in [-0.05, 0) is 167 Å². The van der Waals surface area contributed by atoms with Crippen LogP contribution >= 0.6 is 11.3 Å². The minimum atomic E-state index is -0.308. The molecule has 5 heteroatoms. The first-order valence-electron chi connectivity index (χ1n) is 28.9. The van der Waals surface area contributed by atoms with Crippen LogP contribution in [0.2, 0.25) is 0 Å². The Morgan fingerprint density at radius 3 is 1.50 bits per heavy atom. The first-order valence-corrected chi connectivity index (χ1v) is 29.7. The van der Waals surface area contributed by atoms with E-state index in [0.29, 0.717) is 0 Å². The largest absolute Gasteiger partial charge is 0.376 e. The standard InChI is InChI=1S/C75H74BN3S/c1-71(2,3)49-25-33-53(34-26-49)77(54-35-27-50(28-36-54)72(4,5)6)57-41-42-59-61-46-60-58-22-18-19-23-63(58)75(13,14)66(60)69-67(61)76(79(64(59)45-57)56-39-31-52(32-40-56)74(10,11)12)70-68(78(69)55-37-29-51(30-38-55)73(7,8)9)62-44-48(24-43-65(62)80-70)47-20-16-15-17-21-47/h15-46H,1-14H3. The predicted octanol–water partition coefficient (Wildman–Crippen LogP) is 20.2. The Kier molecular flexibility index (Phi) is 11.8. The number of hydrogen-bond acceptors (Lipinski definition) is 4. The molecule has 9 aromatic carbocycles. The minimum Gasteiger partial charge on any atom is -0.376 e. The Morgan fingerprint density at radius 2 is 0.938 bits per heavy atom. The molecule has 0 unspecified atom stereocenters. The van der Waals surface area contributed by atoms with Gasteiger partial charge in [-0.15, -0.1) is 11.3 Å². The number of hydrogen-bond donors (Lipinski definition) is 0. The maximum atomic E-state index is 2.73. The van der Waals surface area contributed by atoms with Crippen LogP contribution in [0.4, 0.5) is 45.5 Å². The summed E-state index contributed by atoms with van der Waals surface area (Å²) < 4.78 is 2.63. The number of nitrogens with zero attached hydrogens (tertiary/aromatic N) is 3. The zero-order valence-corrected chi connectivity index (χ0v) is 50.1. The number of anilines is 8. The molecule has 0 radical (unpaired) electrons. The summed E-state index contributed by atoms with van der Waals surface area (Å²) >= 11 is 1.97. The van der Waals surface area contributed by atoms with Gasteiger partial charge in [0.05, 0.1) is 5.69 Å². The van der Waals surface area contributed by atoms with Crippen LogP contribution in [-0.4, -0.2) is 6.85 Å². The molecular weight excluding hydrogens is 986 g/mol. The molecule has 0 atom stereocenters. The molecule has 1 aliphatic carbocycles. The van der Waals surface area contributed by atoms with Gasteiger partial charge < -0.3 is 14.6 Å². The number of fused-ring (bicyclic) bond motifs is 10. The fourth-order valence-corrected chi connectivity index (χ4v) is 14.4. The first-order chi connectivity index (χ1) is 38.0. The average molecular weight is 1060 g/mol. The molecule has 3 heterocycles. The van der Waals surface area contributed by atoms with E-state index in [0.717, 1.165) is 17.1 Å². The SMILES string of the molecule is CC(C)(C)c1ccc(N2B3c4sc5ccc(-c6ccccc6)cc5c4N(c4ccc(C(C)(C)C)cc4)c4c3c(cc3c4C(C)(C)c4ccccc4-3)-c3ccc(N(c4ccc(C(C)(C)C)cc4)c4ccc(C(C)(C)C)cc4)cc32)cc1. The Hall–Kier alpha value is -7.60. The van der Waals surface area contributed by atoms with E-state index in [1.807, 2.05) is 11.3 Å². The van der Waals surface area contributed by atoms with E-state index in [2.05, 4.69) is 306 Å². The van der Waals surface area contributed by atoms with Crippen LogP contribution in [0.5, 0.6) is 0 Å². The summed E-state index contributed by atoms with van der Waals surface area (Å²) in [5.41, 5.74) is 26.2. The van der Waals surface area contributed by atoms with Crippen molar-refractivity contribution in [1.29, 1.82) is 0 Å². The molecule has 398 valence electrons. The Labute approximate surface area is 480 Å². The van der Waals surface area contributed by atoms with E-state index in [9.17, 15) is 0 Å². The van der Waals surface area contributed by atoms with Crippen LogP contribution in [0.15, 0.2) is 194 Å².